The van der Waals surface area contributed by atoms with Gasteiger partial charge in [-0.1, -0.05) is 24.3 Å². The number of nitro benzene ring substituents is 1. The normalized spacial score (nSPS) is 10.9. The molecule has 0 bridgehead atoms. The Bertz CT molecular complexity index is 1040. The molecular weight excluding hydrogens is 408 g/mol. The zero-order valence-corrected chi connectivity index (χ0v) is 17.2. The van der Waals surface area contributed by atoms with E-state index in [1.54, 1.807) is 12.1 Å². The molecule has 0 heterocycles. The van der Waals surface area contributed by atoms with Crippen LogP contribution in [0.25, 0.3) is 0 Å². The van der Waals surface area contributed by atoms with Gasteiger partial charge in [-0.25, -0.2) is 13.2 Å². The van der Waals surface area contributed by atoms with Crippen molar-refractivity contribution in [1.29, 1.82) is 0 Å². The highest BCUT2D eigenvalue weighted by Crippen LogP contribution is 2.17. The van der Waals surface area contributed by atoms with E-state index in [0.29, 0.717) is 5.69 Å². The molecule has 2 rings (SSSR count). The average molecular weight is 430 g/mol. The molecule has 2 aromatic rings. The first-order valence-corrected chi connectivity index (χ1v) is 10.4. The van der Waals surface area contributed by atoms with Gasteiger partial charge in [0.25, 0.3) is 5.69 Å². The molecule has 0 unspecified atom stereocenters. The minimum atomic E-state index is -3.76. The number of nitrogens with one attached hydrogen (secondary N) is 2. The van der Waals surface area contributed by atoms with Crippen molar-refractivity contribution in [2.45, 2.75) is 11.8 Å². The second kappa shape index (κ2) is 10.4. The molecule has 0 aliphatic carbocycles. The lowest BCUT2D eigenvalue weighted by Gasteiger charge is -2.21. The van der Waals surface area contributed by atoms with E-state index >= 15 is 0 Å². The Kier molecular flexibility index (Phi) is 7.88. The van der Waals surface area contributed by atoms with Crippen LogP contribution in [0.15, 0.2) is 71.8 Å². The van der Waals surface area contributed by atoms with Crippen LogP contribution in [0.2, 0.25) is 0 Å². The lowest BCUT2D eigenvalue weighted by atomic mass is 10.2. The maximum Gasteiger partial charge on any atom is 0.319 e. The fourth-order valence-corrected chi connectivity index (χ4v) is 3.85. The zero-order valence-electron chi connectivity index (χ0n) is 16.4. The lowest BCUT2D eigenvalue weighted by Crippen LogP contribution is -2.40. The van der Waals surface area contributed by atoms with Gasteiger partial charge in [0.15, 0.2) is 0 Å². The minimum absolute atomic E-state index is 0.0298. The molecule has 0 saturated carbocycles. The summed E-state index contributed by atoms with van der Waals surface area (Å²) >= 11 is 0. The van der Waals surface area contributed by atoms with Crippen LogP contribution >= 0.6 is 0 Å². The van der Waals surface area contributed by atoms with Crippen LogP contribution in [-0.2, 0) is 10.0 Å². The average Bonchev–Trinajstić information content (AvgIpc) is 2.71. The third-order valence-corrected chi connectivity index (χ3v) is 5.96. The molecule has 0 aliphatic heterocycles. The highest BCUT2D eigenvalue weighted by atomic mass is 32.2. The van der Waals surface area contributed by atoms with Crippen molar-refractivity contribution in [3.05, 3.63) is 82.6 Å². The molecule has 10 heteroatoms. The number of hydrogen-bond donors (Lipinski definition) is 2. The predicted molar refractivity (Wildman–Crippen MR) is 114 cm³/mol. The summed E-state index contributed by atoms with van der Waals surface area (Å²) in [6.45, 7) is 5.45. The lowest BCUT2D eigenvalue weighted by molar-refractivity contribution is -0.384. The van der Waals surface area contributed by atoms with Gasteiger partial charge in [-0.15, -0.1) is 5.73 Å². The largest absolute Gasteiger partial charge is 0.337 e. The Labute approximate surface area is 174 Å². The molecule has 0 radical (unpaired) electrons. The van der Waals surface area contributed by atoms with Crippen LogP contribution in [0.1, 0.15) is 5.56 Å². The molecule has 30 heavy (non-hydrogen) atoms. The van der Waals surface area contributed by atoms with Gasteiger partial charge in [-0.05, 0) is 37.3 Å². The van der Waals surface area contributed by atoms with Crippen LogP contribution in [-0.4, -0.2) is 43.3 Å². The molecule has 2 amide bonds. The summed E-state index contributed by atoms with van der Waals surface area (Å²) in [6.07, 6.45) is 1.49. The van der Waals surface area contributed by atoms with E-state index in [1.807, 2.05) is 6.92 Å². The number of sulfonamides is 1. The third kappa shape index (κ3) is 6.28. The van der Waals surface area contributed by atoms with Gasteiger partial charge in [0, 0.05) is 37.5 Å². The van der Waals surface area contributed by atoms with E-state index in [4.69, 9.17) is 0 Å². The van der Waals surface area contributed by atoms with E-state index in [0.717, 1.165) is 5.56 Å². The molecule has 0 spiro atoms. The van der Waals surface area contributed by atoms with Crippen LogP contribution < -0.4 is 10.6 Å². The predicted octanol–water partition coefficient (Wildman–Crippen LogP) is 3.06. The summed E-state index contributed by atoms with van der Waals surface area (Å²) in [5.41, 5.74) is 3.77. The Morgan fingerprint density at radius 1 is 1.20 bits per heavy atom. The Morgan fingerprint density at radius 3 is 2.40 bits per heavy atom. The van der Waals surface area contributed by atoms with E-state index in [1.165, 1.54) is 46.8 Å². The molecule has 2 aromatic carbocycles. The third-order valence-electron chi connectivity index (χ3n) is 4.08. The first-order chi connectivity index (χ1) is 14.2. The van der Waals surface area contributed by atoms with Crippen molar-refractivity contribution in [1.82, 2.24) is 9.62 Å². The summed E-state index contributed by atoms with van der Waals surface area (Å²) in [5, 5.41) is 15.8. The van der Waals surface area contributed by atoms with E-state index in [2.05, 4.69) is 22.9 Å². The van der Waals surface area contributed by atoms with Crippen LogP contribution in [0.5, 0.6) is 0 Å². The van der Waals surface area contributed by atoms with Crippen molar-refractivity contribution in [2.24, 2.45) is 0 Å². The van der Waals surface area contributed by atoms with Crippen molar-refractivity contribution in [3.63, 3.8) is 0 Å². The maximum absolute atomic E-state index is 12.9. The number of urea groups is 1. The van der Waals surface area contributed by atoms with Gasteiger partial charge in [-0.2, -0.15) is 4.31 Å². The van der Waals surface area contributed by atoms with Crippen molar-refractivity contribution in [3.8, 4) is 0 Å². The molecule has 0 fully saturated rings. The number of amides is 2. The fourth-order valence-electron chi connectivity index (χ4n) is 2.47. The number of nitro groups is 1. The number of rotatable bonds is 9. The highest BCUT2D eigenvalue weighted by Gasteiger charge is 2.23. The number of anilines is 1. The number of benzene rings is 2. The second-order valence-corrected chi connectivity index (χ2v) is 8.21. The van der Waals surface area contributed by atoms with Crippen molar-refractivity contribution >= 4 is 27.4 Å². The van der Waals surface area contributed by atoms with Crippen molar-refractivity contribution in [2.75, 3.05) is 25.0 Å². The van der Waals surface area contributed by atoms with Crippen molar-refractivity contribution < 1.29 is 18.1 Å². The smallest absolute Gasteiger partial charge is 0.319 e. The monoisotopic (exact) mass is 430 g/mol. The summed E-state index contributed by atoms with van der Waals surface area (Å²) in [4.78, 5) is 22.3. The molecule has 2 N–H and O–H groups in total. The first-order valence-electron chi connectivity index (χ1n) is 8.94. The number of carbonyl (C=O) groups is 1. The number of aryl methyl sites for hydroxylation is 1. The standard InChI is InChI=1S/C20H22N4O5S/c1-3-4-14-23(30(28,29)19-11-5-16(2)6-12-19)15-13-21-20(25)22-17-7-9-18(10-8-17)24(26)27/h4-12H,1,13-15H2,2H3,(H2,21,22,25). The number of carbonyl (C=O) groups excluding carboxylic acids is 1. The Balaban J connectivity index is 1.98. The highest BCUT2D eigenvalue weighted by molar-refractivity contribution is 7.89. The topological polar surface area (TPSA) is 122 Å². The van der Waals surface area contributed by atoms with E-state index in [-0.39, 0.29) is 30.2 Å². The Morgan fingerprint density at radius 2 is 1.83 bits per heavy atom. The minimum Gasteiger partial charge on any atom is -0.337 e. The van der Waals surface area contributed by atoms with Crippen LogP contribution in [0.4, 0.5) is 16.2 Å². The SMILES string of the molecule is C=C=CCN(CCNC(=O)Nc1ccc([N+](=O)[O-])cc1)S(=O)(=O)c1ccc(C)cc1. The first kappa shape index (κ1) is 22.8. The van der Waals surface area contributed by atoms with Gasteiger partial charge >= 0.3 is 6.03 Å². The van der Waals surface area contributed by atoms with Gasteiger partial charge in [0.2, 0.25) is 10.0 Å². The summed E-state index contributed by atoms with van der Waals surface area (Å²) < 4.78 is 27.0. The van der Waals surface area contributed by atoms with E-state index in [9.17, 15) is 23.3 Å². The fraction of sp³-hybridized carbons (Fsp3) is 0.200. The maximum atomic E-state index is 12.9. The van der Waals surface area contributed by atoms with E-state index < -0.39 is 21.0 Å². The summed E-state index contributed by atoms with van der Waals surface area (Å²) in [7, 11) is -3.76. The number of nitrogens with zero attached hydrogens (tertiary/aromatic N) is 2. The molecule has 0 aliphatic rings. The Hall–Kier alpha value is -3.46. The molecule has 9 nitrogen and oxygen atoms in total. The molecule has 0 atom stereocenters. The molecule has 158 valence electrons. The number of hydrogen-bond acceptors (Lipinski definition) is 5. The number of non-ortho nitro benzene ring substituents is 1. The summed E-state index contributed by atoms with van der Waals surface area (Å²) in [5.74, 6) is 0. The second-order valence-electron chi connectivity index (χ2n) is 6.27. The molecule has 0 saturated heterocycles. The quantitative estimate of drug-likeness (QED) is 0.360. The van der Waals surface area contributed by atoms with Crippen LogP contribution in [0, 0.1) is 17.0 Å². The molecule has 0 aromatic heterocycles. The van der Waals surface area contributed by atoms with Gasteiger partial charge in [0.1, 0.15) is 0 Å². The summed E-state index contributed by atoms with van der Waals surface area (Å²) in [6, 6.07) is 11.3. The van der Waals surface area contributed by atoms with Gasteiger partial charge < -0.3 is 10.6 Å². The van der Waals surface area contributed by atoms with Crippen LogP contribution in [0.3, 0.4) is 0 Å². The van der Waals surface area contributed by atoms with Gasteiger partial charge in [-0.3, -0.25) is 10.1 Å². The molecular formula is C20H22N4O5S. The zero-order chi connectivity index (χ0) is 22.1. The van der Waals surface area contributed by atoms with Gasteiger partial charge in [0.05, 0.1) is 9.82 Å².